The first-order valence-corrected chi connectivity index (χ1v) is 14.2. The number of carbonyl (C=O) groups is 2. The number of thiol groups is 2. The molecule has 1 fully saturated rings. The van der Waals surface area contributed by atoms with Crippen molar-refractivity contribution in [2.45, 2.75) is 75.5 Å². The maximum absolute atomic E-state index is 12.3. The fourth-order valence-corrected chi connectivity index (χ4v) is 5.25. The molecule has 12 heteroatoms. The van der Waals surface area contributed by atoms with Gasteiger partial charge >= 0.3 is 0 Å². The van der Waals surface area contributed by atoms with E-state index >= 15 is 0 Å². The predicted octanol–water partition coefficient (Wildman–Crippen LogP) is 5.42. The summed E-state index contributed by atoms with van der Waals surface area (Å²) < 4.78 is 31.0. The van der Waals surface area contributed by atoms with Crippen LogP contribution in [0.25, 0.3) is 11.3 Å². The number of nitrogens with two attached hydrogens (primary N) is 2. The first-order valence-electron chi connectivity index (χ1n) is 11.4. The zero-order valence-electron chi connectivity index (χ0n) is 20.2. The number of carbonyl (C=O) groups excluding carboxylic acids is 2. The molecule has 4 rings (SSSR count). The maximum atomic E-state index is 12.3. The number of aromatic nitrogens is 1. The summed E-state index contributed by atoms with van der Waals surface area (Å²) in [6.07, 6.45) is 14.6. The zero-order chi connectivity index (χ0) is 26.0. The summed E-state index contributed by atoms with van der Waals surface area (Å²) in [7, 11) is -3.35. The Morgan fingerprint density at radius 2 is 1.54 bits per heavy atom. The first-order chi connectivity index (χ1) is 16.5. The van der Waals surface area contributed by atoms with Crippen LogP contribution in [0.1, 0.15) is 82.2 Å². The molecule has 1 unspecified atom stereocenters. The number of oxazole rings is 1. The molecule has 0 saturated heterocycles. The Labute approximate surface area is 230 Å². The van der Waals surface area contributed by atoms with Crippen molar-refractivity contribution < 1.29 is 27.9 Å². The van der Waals surface area contributed by atoms with Crippen molar-refractivity contribution in [2.75, 3.05) is 6.26 Å². The van der Waals surface area contributed by atoms with Crippen molar-refractivity contribution in [2.24, 2.45) is 11.5 Å². The average Bonchev–Trinajstić information content (AvgIpc) is 3.24. The number of hydrogen-bond acceptors (Lipinski definition) is 6. The number of primary amides is 2. The summed E-state index contributed by atoms with van der Waals surface area (Å²) in [4.78, 5) is 23.5. The summed E-state index contributed by atoms with van der Waals surface area (Å²) in [5.41, 5.74) is 10.3. The van der Waals surface area contributed by atoms with Crippen LogP contribution >= 0.6 is 25.3 Å². The zero-order valence-corrected chi connectivity index (χ0v) is 22.8. The lowest BCUT2D eigenvalue weighted by Gasteiger charge is -2.18. The SMILES string of the molecule is C.CS(=O)(=O)c1ccccc1-c1oc(C2CCCCC2)nc1C1CC=CCC1.NC(=O)S.NC(=O)S.O. The van der Waals surface area contributed by atoms with Crippen LogP contribution in [0.3, 0.4) is 0 Å². The number of sulfone groups is 1. The Kier molecular flexibility index (Phi) is 15.5. The van der Waals surface area contributed by atoms with Crippen LogP contribution in [0, 0.1) is 0 Å². The summed E-state index contributed by atoms with van der Waals surface area (Å²) in [6.45, 7) is 0. The number of allylic oxidation sites excluding steroid dienone is 2. The van der Waals surface area contributed by atoms with Gasteiger partial charge in [0.2, 0.25) is 0 Å². The molecule has 1 heterocycles. The van der Waals surface area contributed by atoms with Crippen molar-refractivity contribution in [3.05, 3.63) is 48.0 Å². The molecule has 0 spiro atoms. The molecule has 1 saturated carbocycles. The van der Waals surface area contributed by atoms with Gasteiger partial charge in [0, 0.05) is 23.7 Å². The smallest absolute Gasteiger partial charge is 0.273 e. The minimum Gasteiger partial charge on any atom is -0.440 e. The van der Waals surface area contributed by atoms with Gasteiger partial charge in [0.1, 0.15) is 0 Å². The van der Waals surface area contributed by atoms with E-state index in [0.717, 1.165) is 43.7 Å². The van der Waals surface area contributed by atoms with Crippen molar-refractivity contribution in [1.29, 1.82) is 0 Å². The lowest BCUT2D eigenvalue weighted by molar-refractivity contribution is 0.266. The van der Waals surface area contributed by atoms with E-state index in [9.17, 15) is 8.42 Å². The highest BCUT2D eigenvalue weighted by Crippen LogP contribution is 2.42. The van der Waals surface area contributed by atoms with Crippen molar-refractivity contribution >= 4 is 45.6 Å². The largest absolute Gasteiger partial charge is 0.440 e. The Bertz CT molecular complexity index is 1120. The fraction of sp³-hybridized carbons (Fsp3) is 0.480. The molecule has 1 aromatic carbocycles. The van der Waals surface area contributed by atoms with E-state index in [1.54, 1.807) is 12.1 Å². The molecule has 0 bridgehead atoms. The third kappa shape index (κ3) is 11.3. The van der Waals surface area contributed by atoms with Crippen molar-refractivity contribution in [1.82, 2.24) is 4.98 Å². The van der Waals surface area contributed by atoms with Gasteiger partial charge in [-0.1, -0.05) is 76.2 Å². The fourth-order valence-electron chi connectivity index (χ4n) is 4.36. The molecule has 2 aliphatic rings. The van der Waals surface area contributed by atoms with Crippen LogP contribution in [0.4, 0.5) is 9.59 Å². The van der Waals surface area contributed by atoms with Gasteiger partial charge in [0.15, 0.2) is 21.5 Å². The second-order valence-corrected chi connectivity index (χ2v) is 11.4. The first kappa shape index (κ1) is 34.7. The second-order valence-electron chi connectivity index (χ2n) is 8.53. The van der Waals surface area contributed by atoms with Crippen molar-refractivity contribution in [3.8, 4) is 11.3 Å². The summed E-state index contributed by atoms with van der Waals surface area (Å²) in [5, 5.41) is -1.28. The maximum Gasteiger partial charge on any atom is 0.273 e. The highest BCUT2D eigenvalue weighted by atomic mass is 32.2. The van der Waals surface area contributed by atoms with Gasteiger partial charge in [0.25, 0.3) is 10.5 Å². The van der Waals surface area contributed by atoms with Crippen LogP contribution in [0.5, 0.6) is 0 Å². The van der Waals surface area contributed by atoms with Crippen LogP contribution < -0.4 is 11.5 Å². The number of benzene rings is 1. The normalized spacial score (nSPS) is 17.0. The van der Waals surface area contributed by atoms with Gasteiger partial charge < -0.3 is 21.4 Å². The van der Waals surface area contributed by atoms with Gasteiger partial charge in [-0.15, -0.1) is 0 Å². The highest BCUT2D eigenvalue weighted by molar-refractivity contribution is 7.96. The third-order valence-corrected chi connectivity index (χ3v) is 6.97. The van der Waals surface area contributed by atoms with Gasteiger partial charge in [-0.05, 0) is 44.2 Å². The number of nitrogens with zero attached hydrogens (tertiary/aromatic N) is 1. The topological polar surface area (TPSA) is 178 Å². The van der Waals surface area contributed by atoms with Crippen LogP contribution in [-0.2, 0) is 9.84 Å². The highest BCUT2D eigenvalue weighted by Gasteiger charge is 2.29. The predicted molar refractivity (Wildman–Crippen MR) is 154 cm³/mol. The summed E-state index contributed by atoms with van der Waals surface area (Å²) >= 11 is 6.21. The summed E-state index contributed by atoms with van der Waals surface area (Å²) in [5.74, 6) is 2.11. The lowest BCUT2D eigenvalue weighted by Crippen LogP contribution is -2.07. The van der Waals surface area contributed by atoms with E-state index in [1.165, 1.54) is 25.5 Å². The molecule has 6 N–H and O–H groups in total. The van der Waals surface area contributed by atoms with Crippen LogP contribution in [0.15, 0.2) is 45.7 Å². The van der Waals surface area contributed by atoms with E-state index in [4.69, 9.17) is 19.0 Å². The molecule has 37 heavy (non-hydrogen) atoms. The molecule has 0 radical (unpaired) electrons. The van der Waals surface area contributed by atoms with Crippen molar-refractivity contribution in [3.63, 3.8) is 0 Å². The number of hydrogen-bond donors (Lipinski definition) is 4. The molecular formula is C25H39N3O6S3. The molecule has 2 amide bonds. The Morgan fingerprint density at radius 3 is 2.05 bits per heavy atom. The molecule has 9 nitrogen and oxygen atoms in total. The molecule has 1 atom stereocenters. The molecule has 208 valence electrons. The van der Waals surface area contributed by atoms with E-state index < -0.39 is 20.3 Å². The standard InChI is InChI=1S/C22H27NO3S.2CH3NOS.CH4.H2O/c1-27(24,25)19-15-9-8-14-18(19)21-20(16-10-4-2-5-11-16)23-22(26-21)17-12-6-3-7-13-17;2*2-1(3)4;;/h2,4,8-9,14-17H,3,5-7,10-13H2,1H3;2*(H3,2,3,4);1H4;1H2. The Morgan fingerprint density at radius 1 is 0.973 bits per heavy atom. The number of amides is 2. The molecule has 2 aliphatic carbocycles. The Balaban J connectivity index is 0.00000115. The monoisotopic (exact) mass is 573 g/mol. The van der Waals surface area contributed by atoms with E-state index in [1.807, 2.05) is 12.1 Å². The Hall–Kier alpha value is -2.28. The minimum absolute atomic E-state index is 0. The van der Waals surface area contributed by atoms with E-state index in [2.05, 4.69) is 48.9 Å². The molecule has 0 aliphatic heterocycles. The van der Waals surface area contributed by atoms with Gasteiger partial charge in [-0.3, -0.25) is 9.59 Å². The van der Waals surface area contributed by atoms with Gasteiger partial charge in [-0.2, -0.15) is 0 Å². The molecule has 1 aromatic heterocycles. The average molecular weight is 574 g/mol. The van der Waals surface area contributed by atoms with Crippen LogP contribution in [-0.4, -0.2) is 35.6 Å². The third-order valence-electron chi connectivity index (χ3n) is 5.81. The number of rotatable bonds is 4. The summed E-state index contributed by atoms with van der Waals surface area (Å²) in [6, 6.07) is 7.15. The lowest BCUT2D eigenvalue weighted by atomic mass is 9.88. The molecular weight excluding hydrogens is 534 g/mol. The van der Waals surface area contributed by atoms with Crippen LogP contribution in [0.2, 0.25) is 0 Å². The van der Waals surface area contributed by atoms with Gasteiger partial charge in [-0.25, -0.2) is 13.4 Å². The van der Waals surface area contributed by atoms with E-state index in [0.29, 0.717) is 28.1 Å². The quantitative estimate of drug-likeness (QED) is 0.280. The minimum atomic E-state index is -3.35. The molecule has 2 aromatic rings. The second kappa shape index (κ2) is 16.5. The van der Waals surface area contributed by atoms with E-state index in [-0.39, 0.29) is 12.9 Å². The van der Waals surface area contributed by atoms with Gasteiger partial charge in [0.05, 0.1) is 10.6 Å².